The van der Waals surface area contributed by atoms with Gasteiger partial charge in [0.2, 0.25) is 0 Å². The number of ether oxygens (including phenoxy) is 1. The lowest BCUT2D eigenvalue weighted by molar-refractivity contribution is 0.0997. The molecule has 29 heavy (non-hydrogen) atoms. The molecular formula is C24H31N3O2. The van der Waals surface area contributed by atoms with Crippen molar-refractivity contribution in [3.63, 3.8) is 0 Å². The van der Waals surface area contributed by atoms with E-state index in [1.165, 1.54) is 6.20 Å². The van der Waals surface area contributed by atoms with Crippen LogP contribution < -0.4 is 15.4 Å². The van der Waals surface area contributed by atoms with Crippen LogP contribution in [0.15, 0.2) is 61.3 Å². The van der Waals surface area contributed by atoms with E-state index in [2.05, 4.69) is 30.0 Å². The van der Waals surface area contributed by atoms with Gasteiger partial charge in [0.1, 0.15) is 22.9 Å². The minimum Gasteiger partial charge on any atom is -0.456 e. The molecule has 0 bridgehead atoms. The van der Waals surface area contributed by atoms with Crippen LogP contribution >= 0.6 is 0 Å². The summed E-state index contributed by atoms with van der Waals surface area (Å²) in [5.41, 5.74) is 7.97. The Bertz CT molecular complexity index is 844. The van der Waals surface area contributed by atoms with Gasteiger partial charge in [0, 0.05) is 25.4 Å². The Kier molecular flexibility index (Phi) is 8.46. The fraction of sp³-hybridized carbons (Fsp3) is 0.333. The van der Waals surface area contributed by atoms with E-state index in [0.717, 1.165) is 55.7 Å². The van der Waals surface area contributed by atoms with Gasteiger partial charge in [-0.2, -0.15) is 0 Å². The zero-order valence-electron chi connectivity index (χ0n) is 17.5. The van der Waals surface area contributed by atoms with Crippen molar-refractivity contribution in [2.45, 2.75) is 39.5 Å². The number of amides is 1. The average molecular weight is 394 g/mol. The molecule has 0 saturated carbocycles. The van der Waals surface area contributed by atoms with E-state index in [4.69, 9.17) is 10.5 Å². The predicted molar refractivity (Wildman–Crippen MR) is 120 cm³/mol. The zero-order chi connectivity index (χ0) is 21.2. The molecule has 0 radical (unpaired) electrons. The Morgan fingerprint density at radius 2 is 1.93 bits per heavy atom. The lowest BCUT2D eigenvalue weighted by atomic mass is 10.1. The van der Waals surface area contributed by atoms with E-state index in [-0.39, 0.29) is 5.56 Å². The smallest absolute Gasteiger partial charge is 0.254 e. The third-order valence-corrected chi connectivity index (χ3v) is 4.69. The van der Waals surface area contributed by atoms with Gasteiger partial charge >= 0.3 is 0 Å². The van der Waals surface area contributed by atoms with Gasteiger partial charge < -0.3 is 15.4 Å². The normalized spacial score (nSPS) is 10.4. The first-order valence-electron chi connectivity index (χ1n) is 10.0. The summed E-state index contributed by atoms with van der Waals surface area (Å²) in [5.74, 6) is 1.28. The number of hydrogen-bond donors (Lipinski definition) is 1. The highest BCUT2D eigenvalue weighted by Crippen LogP contribution is 2.29. The number of anilines is 1. The van der Waals surface area contributed by atoms with Crippen LogP contribution in [0.5, 0.6) is 11.5 Å². The average Bonchev–Trinajstić information content (AvgIpc) is 2.71. The number of aromatic nitrogens is 1. The summed E-state index contributed by atoms with van der Waals surface area (Å²) in [4.78, 5) is 18.6. The van der Waals surface area contributed by atoms with Gasteiger partial charge in [0.25, 0.3) is 5.91 Å². The summed E-state index contributed by atoms with van der Waals surface area (Å²) in [6.07, 6.45) is 7.27. The van der Waals surface area contributed by atoms with Crippen molar-refractivity contribution in [3.8, 4) is 11.5 Å². The first kappa shape index (κ1) is 22.2. The number of pyridine rings is 1. The van der Waals surface area contributed by atoms with E-state index < -0.39 is 5.91 Å². The van der Waals surface area contributed by atoms with Crippen molar-refractivity contribution in [2.75, 3.05) is 18.0 Å². The molecule has 1 aromatic carbocycles. The van der Waals surface area contributed by atoms with Crippen molar-refractivity contribution < 1.29 is 9.53 Å². The summed E-state index contributed by atoms with van der Waals surface area (Å²) in [7, 11) is 0. The molecular weight excluding hydrogens is 362 g/mol. The molecule has 0 aliphatic heterocycles. The Labute approximate surface area is 173 Å². The highest BCUT2D eigenvalue weighted by atomic mass is 16.5. The molecule has 5 nitrogen and oxygen atoms in total. The Morgan fingerprint density at radius 3 is 2.55 bits per heavy atom. The molecule has 1 heterocycles. The molecule has 0 unspecified atom stereocenters. The summed E-state index contributed by atoms with van der Waals surface area (Å²) in [6, 6.07) is 9.46. The molecule has 0 aliphatic rings. The van der Waals surface area contributed by atoms with Crippen LogP contribution in [0.3, 0.4) is 0 Å². The number of nitrogens with zero attached hydrogens (tertiary/aromatic N) is 2. The Balaban J connectivity index is 2.27. The van der Waals surface area contributed by atoms with Crippen LogP contribution in [-0.2, 0) is 0 Å². The largest absolute Gasteiger partial charge is 0.456 e. The molecule has 1 amide bonds. The van der Waals surface area contributed by atoms with Gasteiger partial charge in [0.15, 0.2) is 0 Å². The van der Waals surface area contributed by atoms with Crippen molar-refractivity contribution in [3.05, 3.63) is 72.5 Å². The number of carbonyl (C=O) groups is 1. The maximum atomic E-state index is 11.9. The maximum absolute atomic E-state index is 11.9. The highest BCUT2D eigenvalue weighted by molar-refractivity contribution is 5.95. The van der Waals surface area contributed by atoms with Crippen LogP contribution in [0, 0.1) is 6.92 Å². The lowest BCUT2D eigenvalue weighted by Crippen LogP contribution is -2.27. The molecule has 0 atom stereocenters. The number of aryl methyl sites for hydroxylation is 1. The number of benzene rings is 1. The fourth-order valence-electron chi connectivity index (χ4n) is 2.89. The van der Waals surface area contributed by atoms with Crippen LogP contribution in [0.1, 0.15) is 48.5 Å². The van der Waals surface area contributed by atoms with E-state index in [1.54, 1.807) is 12.1 Å². The summed E-state index contributed by atoms with van der Waals surface area (Å²) in [5, 5.41) is 0. The van der Waals surface area contributed by atoms with Crippen molar-refractivity contribution in [1.29, 1.82) is 0 Å². The summed E-state index contributed by atoms with van der Waals surface area (Å²) in [6.45, 7) is 13.6. The quantitative estimate of drug-likeness (QED) is 0.490. The SMILES string of the molecule is C=CC(=C)CCCN(CCCC)c1cc(Oc2ccc(C)cc2)c(C(N)=O)cn1. The molecule has 0 spiro atoms. The number of unbranched alkanes of at least 4 members (excludes halogenated alkanes) is 1. The standard InChI is InChI=1S/C24H31N3O2/c1-5-7-14-27(15-8-9-18(3)6-2)23-16-22(21(17-26-23)24(25)28)29-20-12-10-19(4)11-13-20/h6,10-13,16-17H,2-3,5,7-9,14-15H2,1,4H3,(H2,25,28). The van der Waals surface area contributed by atoms with Gasteiger partial charge in [-0.15, -0.1) is 0 Å². The van der Waals surface area contributed by atoms with E-state index in [1.807, 2.05) is 31.2 Å². The second-order valence-electron chi connectivity index (χ2n) is 7.12. The first-order chi connectivity index (χ1) is 13.9. The first-order valence-corrected chi connectivity index (χ1v) is 10.0. The molecule has 2 rings (SSSR count). The Hall–Kier alpha value is -3.08. The van der Waals surface area contributed by atoms with E-state index in [9.17, 15) is 4.79 Å². The minimum absolute atomic E-state index is 0.268. The molecule has 1 aromatic heterocycles. The third-order valence-electron chi connectivity index (χ3n) is 4.69. The summed E-state index contributed by atoms with van der Waals surface area (Å²) < 4.78 is 5.99. The topological polar surface area (TPSA) is 68.5 Å². The lowest BCUT2D eigenvalue weighted by Gasteiger charge is -2.24. The number of nitrogens with two attached hydrogens (primary N) is 1. The second kappa shape index (κ2) is 11.1. The zero-order valence-corrected chi connectivity index (χ0v) is 17.5. The fourth-order valence-corrected chi connectivity index (χ4v) is 2.89. The summed E-state index contributed by atoms with van der Waals surface area (Å²) >= 11 is 0. The molecule has 2 N–H and O–H groups in total. The van der Waals surface area contributed by atoms with Crippen molar-refractivity contribution >= 4 is 11.7 Å². The highest BCUT2D eigenvalue weighted by Gasteiger charge is 2.16. The monoisotopic (exact) mass is 393 g/mol. The van der Waals surface area contributed by atoms with Gasteiger partial charge in [-0.25, -0.2) is 4.98 Å². The number of carbonyl (C=O) groups excluding carboxylic acids is 1. The van der Waals surface area contributed by atoms with Crippen molar-refractivity contribution in [1.82, 2.24) is 4.98 Å². The number of hydrogen-bond acceptors (Lipinski definition) is 4. The van der Waals surface area contributed by atoms with Crippen LogP contribution in [-0.4, -0.2) is 24.0 Å². The maximum Gasteiger partial charge on any atom is 0.254 e. The molecule has 154 valence electrons. The molecule has 2 aromatic rings. The molecule has 0 aliphatic carbocycles. The Morgan fingerprint density at radius 1 is 1.24 bits per heavy atom. The van der Waals surface area contributed by atoms with E-state index in [0.29, 0.717) is 11.5 Å². The van der Waals surface area contributed by atoms with Crippen LogP contribution in [0.4, 0.5) is 5.82 Å². The van der Waals surface area contributed by atoms with E-state index >= 15 is 0 Å². The molecule has 0 saturated heterocycles. The number of allylic oxidation sites excluding steroid dienone is 2. The molecule has 5 heteroatoms. The predicted octanol–water partition coefficient (Wildman–Crippen LogP) is 5.41. The third kappa shape index (κ3) is 6.79. The van der Waals surface area contributed by atoms with Gasteiger partial charge in [-0.05, 0) is 38.3 Å². The van der Waals surface area contributed by atoms with Crippen molar-refractivity contribution in [2.24, 2.45) is 5.73 Å². The van der Waals surface area contributed by atoms with Crippen LogP contribution in [0.2, 0.25) is 0 Å². The van der Waals surface area contributed by atoms with Gasteiger partial charge in [-0.1, -0.05) is 55.8 Å². The second-order valence-corrected chi connectivity index (χ2v) is 7.12. The molecule has 0 fully saturated rings. The number of primary amides is 1. The number of rotatable bonds is 12. The minimum atomic E-state index is -0.562. The van der Waals surface area contributed by atoms with Gasteiger partial charge in [0.05, 0.1) is 0 Å². The van der Waals surface area contributed by atoms with Gasteiger partial charge in [-0.3, -0.25) is 4.79 Å². The van der Waals surface area contributed by atoms with Crippen LogP contribution in [0.25, 0.3) is 0 Å².